The second-order valence-corrected chi connectivity index (χ2v) is 4.47. The second kappa shape index (κ2) is 5.16. The molecule has 0 spiro atoms. The molecule has 0 saturated carbocycles. The summed E-state index contributed by atoms with van der Waals surface area (Å²) >= 11 is 0. The van der Waals surface area contributed by atoms with E-state index in [0.717, 1.165) is 25.9 Å². The van der Waals surface area contributed by atoms with E-state index in [4.69, 9.17) is 4.74 Å². The number of hydrogen-bond acceptors (Lipinski definition) is 6. The van der Waals surface area contributed by atoms with E-state index in [1.165, 1.54) is 6.33 Å². The molecule has 0 aliphatic carbocycles. The lowest BCUT2D eigenvalue weighted by atomic mass is 10.4. The van der Waals surface area contributed by atoms with Gasteiger partial charge in [0.1, 0.15) is 6.33 Å². The first kappa shape index (κ1) is 12.5. The minimum Gasteiger partial charge on any atom is -0.470 e. The summed E-state index contributed by atoms with van der Waals surface area (Å²) in [5, 5.41) is 11.2. The molecule has 2 rings (SSSR count). The predicted molar refractivity (Wildman–Crippen MR) is 65.9 cm³/mol. The highest BCUT2D eigenvalue weighted by molar-refractivity contribution is 5.63. The fourth-order valence-corrected chi connectivity index (χ4v) is 1.98. The molecular weight excluding hydrogens is 236 g/mol. The van der Waals surface area contributed by atoms with Crippen molar-refractivity contribution < 1.29 is 9.66 Å². The average molecular weight is 252 g/mol. The number of hydrogen-bond donors (Lipinski definition) is 0. The van der Waals surface area contributed by atoms with Crippen LogP contribution in [0.4, 0.5) is 11.5 Å². The van der Waals surface area contributed by atoms with Gasteiger partial charge in [-0.15, -0.1) is 0 Å². The Hall–Kier alpha value is -1.92. The van der Waals surface area contributed by atoms with E-state index in [-0.39, 0.29) is 17.7 Å². The Balaban J connectivity index is 2.41. The summed E-state index contributed by atoms with van der Waals surface area (Å²) in [4.78, 5) is 20.6. The molecule has 98 valence electrons. The van der Waals surface area contributed by atoms with Crippen LogP contribution in [0.2, 0.25) is 0 Å². The van der Waals surface area contributed by atoms with Crippen LogP contribution in [-0.2, 0) is 0 Å². The Bertz CT molecular complexity index is 444. The van der Waals surface area contributed by atoms with E-state index in [2.05, 4.69) is 9.97 Å². The third-order valence-electron chi connectivity index (χ3n) is 2.70. The highest BCUT2D eigenvalue weighted by Crippen LogP contribution is 2.35. The van der Waals surface area contributed by atoms with Gasteiger partial charge in [0.05, 0.1) is 11.0 Å². The monoisotopic (exact) mass is 252 g/mol. The third-order valence-corrected chi connectivity index (χ3v) is 2.70. The highest BCUT2D eigenvalue weighted by atomic mass is 16.6. The van der Waals surface area contributed by atoms with E-state index in [1.807, 2.05) is 4.90 Å². The average Bonchev–Trinajstić information content (AvgIpc) is 2.80. The van der Waals surface area contributed by atoms with Crippen LogP contribution in [0.15, 0.2) is 6.33 Å². The smallest absolute Gasteiger partial charge is 0.372 e. The minimum atomic E-state index is -0.467. The van der Waals surface area contributed by atoms with E-state index in [0.29, 0.717) is 5.82 Å². The van der Waals surface area contributed by atoms with Gasteiger partial charge >= 0.3 is 5.69 Å². The molecule has 1 aromatic rings. The molecule has 0 N–H and O–H groups in total. The molecule has 7 nitrogen and oxygen atoms in total. The predicted octanol–water partition coefficient (Wildman–Crippen LogP) is 1.77. The van der Waals surface area contributed by atoms with Gasteiger partial charge in [-0.2, -0.15) is 4.98 Å². The quantitative estimate of drug-likeness (QED) is 0.600. The lowest BCUT2D eigenvalue weighted by Crippen LogP contribution is -2.21. The fourth-order valence-electron chi connectivity index (χ4n) is 1.98. The number of nitrogens with zero attached hydrogens (tertiary/aromatic N) is 4. The van der Waals surface area contributed by atoms with Crippen LogP contribution in [0.3, 0.4) is 0 Å². The van der Waals surface area contributed by atoms with Gasteiger partial charge < -0.3 is 9.64 Å². The minimum absolute atomic E-state index is 0.0481. The Kier molecular flexibility index (Phi) is 3.59. The van der Waals surface area contributed by atoms with Crippen molar-refractivity contribution in [3.63, 3.8) is 0 Å². The van der Waals surface area contributed by atoms with Crippen molar-refractivity contribution in [1.29, 1.82) is 0 Å². The molecule has 1 fully saturated rings. The van der Waals surface area contributed by atoms with Crippen molar-refractivity contribution in [2.45, 2.75) is 32.8 Å². The summed E-state index contributed by atoms with van der Waals surface area (Å²) < 4.78 is 5.39. The van der Waals surface area contributed by atoms with Gasteiger partial charge in [0.2, 0.25) is 5.82 Å². The van der Waals surface area contributed by atoms with Crippen molar-refractivity contribution in [3.8, 4) is 5.88 Å². The number of nitro groups is 1. The number of aromatic nitrogens is 2. The van der Waals surface area contributed by atoms with E-state index < -0.39 is 4.92 Å². The van der Waals surface area contributed by atoms with Gasteiger partial charge in [0, 0.05) is 13.1 Å². The maximum absolute atomic E-state index is 11.2. The Morgan fingerprint density at radius 3 is 2.61 bits per heavy atom. The number of ether oxygens (including phenoxy) is 1. The molecule has 18 heavy (non-hydrogen) atoms. The normalized spacial score (nSPS) is 15.2. The van der Waals surface area contributed by atoms with Gasteiger partial charge in [-0.25, -0.2) is 4.98 Å². The van der Waals surface area contributed by atoms with Crippen molar-refractivity contribution in [2.75, 3.05) is 18.0 Å². The molecule has 1 aliphatic rings. The van der Waals surface area contributed by atoms with Crippen molar-refractivity contribution in [1.82, 2.24) is 9.97 Å². The molecule has 2 heterocycles. The lowest BCUT2D eigenvalue weighted by Gasteiger charge is -2.17. The Morgan fingerprint density at radius 2 is 2.06 bits per heavy atom. The fraction of sp³-hybridized carbons (Fsp3) is 0.636. The van der Waals surface area contributed by atoms with Crippen LogP contribution in [0.25, 0.3) is 0 Å². The van der Waals surface area contributed by atoms with Crippen molar-refractivity contribution in [3.05, 3.63) is 16.4 Å². The molecule has 1 aliphatic heterocycles. The summed E-state index contributed by atoms with van der Waals surface area (Å²) in [6.45, 7) is 5.20. The van der Waals surface area contributed by atoms with Gasteiger partial charge in [-0.3, -0.25) is 10.1 Å². The summed E-state index contributed by atoms with van der Waals surface area (Å²) in [5.74, 6) is 0.412. The van der Waals surface area contributed by atoms with Crippen LogP contribution in [0.5, 0.6) is 5.88 Å². The largest absolute Gasteiger partial charge is 0.470 e. The zero-order chi connectivity index (χ0) is 13.1. The zero-order valence-electron chi connectivity index (χ0n) is 10.5. The van der Waals surface area contributed by atoms with Crippen molar-refractivity contribution in [2.24, 2.45) is 0 Å². The molecule has 1 aromatic heterocycles. The molecule has 7 heteroatoms. The first-order chi connectivity index (χ1) is 8.59. The number of rotatable bonds is 4. The summed E-state index contributed by atoms with van der Waals surface area (Å²) in [6.07, 6.45) is 3.21. The molecular formula is C11H16N4O3. The zero-order valence-corrected chi connectivity index (χ0v) is 10.5. The molecule has 1 saturated heterocycles. The summed E-state index contributed by atoms with van der Waals surface area (Å²) in [7, 11) is 0. The number of anilines is 1. The van der Waals surface area contributed by atoms with Gasteiger partial charge in [-0.1, -0.05) is 0 Å². The van der Waals surface area contributed by atoms with E-state index in [1.54, 1.807) is 13.8 Å². The van der Waals surface area contributed by atoms with Crippen LogP contribution in [0, 0.1) is 10.1 Å². The van der Waals surface area contributed by atoms with E-state index in [9.17, 15) is 10.1 Å². The first-order valence-electron chi connectivity index (χ1n) is 6.00. The summed E-state index contributed by atoms with van der Waals surface area (Å²) in [5.41, 5.74) is -0.131. The molecule has 0 bridgehead atoms. The molecule has 0 amide bonds. The van der Waals surface area contributed by atoms with Gasteiger partial charge in [-0.05, 0) is 26.7 Å². The maximum atomic E-state index is 11.2. The third kappa shape index (κ3) is 2.49. The lowest BCUT2D eigenvalue weighted by molar-refractivity contribution is -0.385. The highest BCUT2D eigenvalue weighted by Gasteiger charge is 2.29. The molecule has 0 aromatic carbocycles. The topological polar surface area (TPSA) is 81.4 Å². The maximum Gasteiger partial charge on any atom is 0.372 e. The Labute approximate surface area is 105 Å². The summed E-state index contributed by atoms with van der Waals surface area (Å²) in [6, 6.07) is 0. The van der Waals surface area contributed by atoms with Crippen LogP contribution >= 0.6 is 0 Å². The van der Waals surface area contributed by atoms with Crippen LogP contribution in [0.1, 0.15) is 26.7 Å². The molecule has 0 radical (unpaired) electrons. The standard InChI is InChI=1S/C11H16N4O3/c1-8(2)18-11-9(15(16)17)10(12-7-13-11)14-5-3-4-6-14/h7-8H,3-6H2,1-2H3. The van der Waals surface area contributed by atoms with Crippen molar-refractivity contribution >= 4 is 11.5 Å². The van der Waals surface area contributed by atoms with Crippen LogP contribution < -0.4 is 9.64 Å². The van der Waals surface area contributed by atoms with Gasteiger partial charge in [0.25, 0.3) is 5.88 Å². The van der Waals surface area contributed by atoms with E-state index >= 15 is 0 Å². The molecule has 0 atom stereocenters. The Morgan fingerprint density at radius 1 is 1.39 bits per heavy atom. The van der Waals surface area contributed by atoms with Gasteiger partial charge in [0.15, 0.2) is 0 Å². The first-order valence-corrected chi connectivity index (χ1v) is 6.00. The second-order valence-electron chi connectivity index (χ2n) is 4.47. The SMILES string of the molecule is CC(C)Oc1ncnc(N2CCCC2)c1[N+](=O)[O-]. The van der Waals surface area contributed by atoms with Crippen LogP contribution in [-0.4, -0.2) is 34.1 Å². The molecule has 0 unspecified atom stereocenters.